The minimum atomic E-state index is -0.244. The summed E-state index contributed by atoms with van der Waals surface area (Å²) in [6, 6.07) is 45.0. The third-order valence-electron chi connectivity index (χ3n) is 8.42. The number of hydrogen-bond acceptors (Lipinski definition) is 1. The topological polar surface area (TPSA) is 35.9 Å². The first-order valence-electron chi connectivity index (χ1n) is 14.3. The maximum Gasteiger partial charge on any atom is 0.133 e. The zero-order valence-corrected chi connectivity index (χ0v) is 23.1. The Morgan fingerprint density at radius 3 is 2.02 bits per heavy atom. The fourth-order valence-electron chi connectivity index (χ4n) is 6.50. The number of fused-ring (bicyclic) bond motifs is 7. The van der Waals surface area contributed by atoms with Gasteiger partial charge >= 0.3 is 0 Å². The molecule has 4 heteroatoms. The van der Waals surface area contributed by atoms with Crippen LogP contribution < -0.4 is 5.73 Å². The average Bonchev–Trinajstić information content (AvgIpc) is 3.54. The molecule has 3 nitrogen and oxygen atoms in total. The largest absolute Gasteiger partial charge is 0.324 e. The fourth-order valence-corrected chi connectivity index (χ4v) is 6.50. The number of nitrogens with two attached hydrogens (primary N) is 1. The minimum Gasteiger partial charge on any atom is -0.324 e. The molecule has 0 radical (unpaired) electrons. The first-order chi connectivity index (χ1) is 20.6. The standard InChI is InChI=1S/C38H28FN3/c1-24(40)26-12-9-13-27(22-26)41-35-17-8-6-15-32(35)37-36(41)21-20-31-30-14-5-7-16-34(30)42(38(31)37)28-18-19-29(33(39)23-28)25-10-3-2-4-11-25/h2-24H,40H2,1H3. The Morgan fingerprint density at radius 1 is 0.571 bits per heavy atom. The third-order valence-corrected chi connectivity index (χ3v) is 8.42. The van der Waals surface area contributed by atoms with Gasteiger partial charge in [0.1, 0.15) is 5.82 Å². The Bertz CT molecular complexity index is 2290. The lowest BCUT2D eigenvalue weighted by molar-refractivity contribution is 0.630. The van der Waals surface area contributed by atoms with E-state index in [2.05, 4.69) is 88.0 Å². The average molecular weight is 546 g/mol. The van der Waals surface area contributed by atoms with Crippen LogP contribution in [0, 0.1) is 5.82 Å². The summed E-state index contributed by atoms with van der Waals surface area (Å²) in [4.78, 5) is 0. The molecule has 0 aliphatic rings. The van der Waals surface area contributed by atoms with Crippen LogP contribution in [-0.4, -0.2) is 9.13 Å². The molecule has 8 rings (SSSR count). The Hall–Kier alpha value is -5.19. The van der Waals surface area contributed by atoms with Crippen LogP contribution in [0.4, 0.5) is 4.39 Å². The molecule has 2 N–H and O–H groups in total. The molecule has 2 aromatic heterocycles. The SMILES string of the molecule is CC(N)c1cccc(-n2c3ccccc3c3c2ccc2c4ccccc4n(-c4ccc(-c5ccccc5)c(F)c4)c23)c1. The summed E-state index contributed by atoms with van der Waals surface area (Å²) < 4.78 is 20.3. The van der Waals surface area contributed by atoms with Crippen LogP contribution in [0.2, 0.25) is 0 Å². The predicted octanol–water partition coefficient (Wildman–Crippen LogP) is 9.71. The van der Waals surface area contributed by atoms with E-state index >= 15 is 4.39 Å². The Balaban J connectivity index is 1.49. The van der Waals surface area contributed by atoms with E-state index in [0.717, 1.165) is 66.1 Å². The van der Waals surface area contributed by atoms with Crippen LogP contribution in [-0.2, 0) is 0 Å². The molecule has 0 saturated heterocycles. The van der Waals surface area contributed by atoms with Gasteiger partial charge in [-0.2, -0.15) is 0 Å². The van der Waals surface area contributed by atoms with Crippen molar-refractivity contribution in [3.63, 3.8) is 0 Å². The lowest BCUT2D eigenvalue weighted by atomic mass is 10.0. The number of aromatic nitrogens is 2. The third kappa shape index (κ3) is 3.62. The van der Waals surface area contributed by atoms with Crippen molar-refractivity contribution in [2.75, 3.05) is 0 Å². The van der Waals surface area contributed by atoms with Crippen LogP contribution in [0.1, 0.15) is 18.5 Å². The molecule has 0 bridgehead atoms. The van der Waals surface area contributed by atoms with Gasteiger partial charge in [0.15, 0.2) is 0 Å². The molecule has 1 unspecified atom stereocenters. The van der Waals surface area contributed by atoms with Gasteiger partial charge in [0.05, 0.1) is 22.1 Å². The van der Waals surface area contributed by atoms with Gasteiger partial charge in [-0.05, 0) is 66.6 Å². The maximum absolute atomic E-state index is 15.8. The zero-order chi connectivity index (χ0) is 28.4. The Kier molecular flexibility index (Phi) is 5.53. The van der Waals surface area contributed by atoms with E-state index in [9.17, 15) is 0 Å². The zero-order valence-electron chi connectivity index (χ0n) is 23.1. The molecule has 2 heterocycles. The molecule has 202 valence electrons. The monoisotopic (exact) mass is 545 g/mol. The normalized spacial score (nSPS) is 12.5. The molecule has 42 heavy (non-hydrogen) atoms. The second-order valence-corrected chi connectivity index (χ2v) is 11.0. The number of para-hydroxylation sites is 2. The van der Waals surface area contributed by atoms with E-state index in [4.69, 9.17) is 5.73 Å². The van der Waals surface area contributed by atoms with E-state index in [0.29, 0.717) is 5.56 Å². The Labute approximate surface area is 242 Å². The Morgan fingerprint density at radius 2 is 1.26 bits per heavy atom. The lowest BCUT2D eigenvalue weighted by Gasteiger charge is -2.13. The maximum atomic E-state index is 15.8. The smallest absolute Gasteiger partial charge is 0.133 e. The quantitative estimate of drug-likeness (QED) is 0.235. The molecule has 0 amide bonds. The first-order valence-corrected chi connectivity index (χ1v) is 14.3. The second kappa shape index (κ2) is 9.44. The number of benzene rings is 6. The van der Waals surface area contributed by atoms with Gasteiger partial charge < -0.3 is 14.9 Å². The highest BCUT2D eigenvalue weighted by Crippen LogP contribution is 2.42. The summed E-state index contributed by atoms with van der Waals surface area (Å²) in [5.74, 6) is -0.244. The highest BCUT2D eigenvalue weighted by molar-refractivity contribution is 6.26. The van der Waals surface area contributed by atoms with E-state index in [1.54, 1.807) is 6.07 Å². The number of rotatable bonds is 4. The van der Waals surface area contributed by atoms with Crippen molar-refractivity contribution in [3.05, 3.63) is 145 Å². The van der Waals surface area contributed by atoms with Gasteiger partial charge in [-0.15, -0.1) is 0 Å². The predicted molar refractivity (Wildman–Crippen MR) is 173 cm³/mol. The summed E-state index contributed by atoms with van der Waals surface area (Å²) in [5, 5.41) is 4.56. The van der Waals surface area contributed by atoms with E-state index in [1.807, 2.05) is 55.5 Å². The van der Waals surface area contributed by atoms with Gasteiger partial charge in [0.2, 0.25) is 0 Å². The molecule has 0 saturated carbocycles. The van der Waals surface area contributed by atoms with Crippen molar-refractivity contribution in [2.24, 2.45) is 5.73 Å². The molecule has 1 atom stereocenters. The van der Waals surface area contributed by atoms with Gasteiger partial charge in [0.25, 0.3) is 0 Å². The number of nitrogens with zero attached hydrogens (tertiary/aromatic N) is 2. The second-order valence-electron chi connectivity index (χ2n) is 11.0. The van der Waals surface area contributed by atoms with Crippen LogP contribution >= 0.6 is 0 Å². The van der Waals surface area contributed by atoms with Crippen LogP contribution in [0.3, 0.4) is 0 Å². The van der Waals surface area contributed by atoms with Gasteiger partial charge in [-0.1, -0.05) is 84.9 Å². The van der Waals surface area contributed by atoms with Gasteiger partial charge in [-0.25, -0.2) is 4.39 Å². The highest BCUT2D eigenvalue weighted by atomic mass is 19.1. The molecule has 6 aromatic carbocycles. The molecular formula is C38H28FN3. The minimum absolute atomic E-state index is 0.0685. The van der Waals surface area contributed by atoms with Crippen molar-refractivity contribution in [2.45, 2.75) is 13.0 Å². The van der Waals surface area contributed by atoms with Crippen LogP contribution in [0.5, 0.6) is 0 Å². The van der Waals surface area contributed by atoms with Crippen molar-refractivity contribution in [1.29, 1.82) is 0 Å². The van der Waals surface area contributed by atoms with Gasteiger partial charge in [-0.3, -0.25) is 0 Å². The van der Waals surface area contributed by atoms with Crippen molar-refractivity contribution >= 4 is 43.6 Å². The summed E-state index contributed by atoms with van der Waals surface area (Å²) >= 11 is 0. The number of hydrogen-bond donors (Lipinski definition) is 1. The van der Waals surface area contributed by atoms with Gasteiger partial charge in [0, 0.05) is 44.5 Å². The summed E-state index contributed by atoms with van der Waals surface area (Å²) in [6.45, 7) is 2.01. The van der Waals surface area contributed by atoms with Crippen LogP contribution in [0.15, 0.2) is 133 Å². The van der Waals surface area contributed by atoms with E-state index in [-0.39, 0.29) is 11.9 Å². The van der Waals surface area contributed by atoms with Crippen molar-refractivity contribution in [3.8, 4) is 22.5 Å². The molecule has 0 fully saturated rings. The first kappa shape index (κ1) is 24.6. The van der Waals surface area contributed by atoms with Crippen LogP contribution in [0.25, 0.3) is 66.1 Å². The number of halogens is 1. The summed E-state index contributed by atoms with van der Waals surface area (Å²) in [7, 11) is 0. The highest BCUT2D eigenvalue weighted by Gasteiger charge is 2.21. The lowest BCUT2D eigenvalue weighted by Crippen LogP contribution is -2.05. The van der Waals surface area contributed by atoms with E-state index in [1.165, 1.54) is 0 Å². The fraction of sp³-hybridized carbons (Fsp3) is 0.0526. The van der Waals surface area contributed by atoms with Crippen molar-refractivity contribution < 1.29 is 4.39 Å². The van der Waals surface area contributed by atoms with Crippen molar-refractivity contribution in [1.82, 2.24) is 9.13 Å². The molecular weight excluding hydrogens is 517 g/mol. The molecule has 8 aromatic rings. The molecule has 0 aliphatic heterocycles. The molecule has 0 spiro atoms. The van der Waals surface area contributed by atoms with E-state index < -0.39 is 0 Å². The summed E-state index contributed by atoms with van der Waals surface area (Å²) in [5.41, 5.74) is 15.0. The summed E-state index contributed by atoms with van der Waals surface area (Å²) in [6.07, 6.45) is 0. The molecule has 0 aliphatic carbocycles.